The zero-order chi connectivity index (χ0) is 10.6. The summed E-state index contributed by atoms with van der Waals surface area (Å²) in [5.74, 6) is 1.98. The molecule has 0 saturated heterocycles. The molecule has 4 nitrogen and oxygen atoms in total. The van der Waals surface area contributed by atoms with Gasteiger partial charge in [0.1, 0.15) is 0 Å². The van der Waals surface area contributed by atoms with Crippen LogP contribution in [0.15, 0.2) is 4.42 Å². The molecule has 0 aliphatic heterocycles. The lowest BCUT2D eigenvalue weighted by atomic mass is 10.3. The molecule has 2 unspecified atom stereocenters. The predicted octanol–water partition coefficient (Wildman–Crippen LogP) is 1.63. The number of rotatable bonds is 5. The van der Waals surface area contributed by atoms with E-state index in [1.165, 1.54) is 0 Å². The van der Waals surface area contributed by atoms with Crippen molar-refractivity contribution in [3.8, 4) is 0 Å². The van der Waals surface area contributed by atoms with Crippen LogP contribution < -0.4 is 0 Å². The van der Waals surface area contributed by atoms with Gasteiger partial charge in [0, 0.05) is 11.7 Å². The van der Waals surface area contributed by atoms with Crippen LogP contribution in [-0.4, -0.2) is 26.7 Å². The van der Waals surface area contributed by atoms with Gasteiger partial charge in [-0.15, -0.1) is 22.0 Å². The van der Waals surface area contributed by atoms with Gasteiger partial charge in [0.15, 0.2) is 0 Å². The summed E-state index contributed by atoms with van der Waals surface area (Å²) in [4.78, 5) is 0. The fourth-order valence-electron chi connectivity index (χ4n) is 0.832. The van der Waals surface area contributed by atoms with Gasteiger partial charge in [-0.1, -0.05) is 13.8 Å². The van der Waals surface area contributed by atoms with Crippen molar-refractivity contribution in [3.05, 3.63) is 11.8 Å². The molecule has 80 valence electrons. The van der Waals surface area contributed by atoms with Gasteiger partial charge in [-0.25, -0.2) is 0 Å². The van der Waals surface area contributed by atoms with E-state index in [9.17, 15) is 5.11 Å². The number of aryl methyl sites for hydroxylation is 1. The molecule has 1 aromatic heterocycles. The summed E-state index contributed by atoms with van der Waals surface area (Å²) in [6, 6.07) is 0. The van der Waals surface area contributed by atoms with E-state index < -0.39 is 0 Å². The lowest BCUT2D eigenvalue weighted by Crippen LogP contribution is -2.15. The van der Waals surface area contributed by atoms with Gasteiger partial charge >= 0.3 is 0 Å². The molecular formula is C9H16N2O2S. The Bertz CT molecular complexity index is 276. The molecule has 2 atom stereocenters. The van der Waals surface area contributed by atoms with Gasteiger partial charge in [-0.2, -0.15) is 0 Å². The molecule has 1 N–H and O–H groups in total. The lowest BCUT2D eigenvalue weighted by Gasteiger charge is -2.11. The second kappa shape index (κ2) is 5.36. The Morgan fingerprint density at radius 2 is 2.00 bits per heavy atom. The minimum Gasteiger partial charge on any atom is -0.424 e. The average molecular weight is 216 g/mol. The van der Waals surface area contributed by atoms with Crippen molar-refractivity contribution in [1.82, 2.24) is 10.2 Å². The molecule has 0 aliphatic carbocycles. The van der Waals surface area contributed by atoms with Crippen LogP contribution in [0.3, 0.4) is 0 Å². The van der Waals surface area contributed by atoms with Gasteiger partial charge in [0.05, 0.1) is 11.9 Å². The molecule has 0 aromatic carbocycles. The van der Waals surface area contributed by atoms with Crippen molar-refractivity contribution in [2.75, 3.05) is 0 Å². The van der Waals surface area contributed by atoms with Crippen LogP contribution in [-0.2, 0) is 12.2 Å². The van der Waals surface area contributed by atoms with Crippen molar-refractivity contribution in [3.63, 3.8) is 0 Å². The van der Waals surface area contributed by atoms with Crippen molar-refractivity contribution in [1.29, 1.82) is 0 Å². The van der Waals surface area contributed by atoms with E-state index in [0.29, 0.717) is 17.5 Å². The Kier molecular flexibility index (Phi) is 4.41. The highest BCUT2D eigenvalue weighted by molar-refractivity contribution is 7.99. The first-order chi connectivity index (χ1) is 6.63. The molecule has 0 radical (unpaired) electrons. The van der Waals surface area contributed by atoms with E-state index in [4.69, 9.17) is 4.42 Å². The summed E-state index contributed by atoms with van der Waals surface area (Å²) in [5, 5.41) is 17.2. The predicted molar refractivity (Wildman–Crippen MR) is 56.1 cm³/mol. The van der Waals surface area contributed by atoms with E-state index in [2.05, 4.69) is 10.2 Å². The lowest BCUT2D eigenvalue weighted by molar-refractivity contribution is 0.196. The summed E-state index contributed by atoms with van der Waals surface area (Å²) >= 11 is 1.62. The summed E-state index contributed by atoms with van der Waals surface area (Å²) in [6.07, 6.45) is 0.456. The molecule has 14 heavy (non-hydrogen) atoms. The van der Waals surface area contributed by atoms with E-state index in [1.807, 2.05) is 13.8 Å². The topological polar surface area (TPSA) is 59.2 Å². The summed E-state index contributed by atoms with van der Waals surface area (Å²) < 4.78 is 5.34. The first-order valence-corrected chi connectivity index (χ1v) is 5.79. The third-order valence-corrected chi connectivity index (χ3v) is 3.29. The van der Waals surface area contributed by atoms with Gasteiger partial charge in [0.25, 0.3) is 0 Å². The SMILES string of the molecule is CCc1nnc(CSC(C)C(C)O)o1. The highest BCUT2D eigenvalue weighted by Gasteiger charge is 2.11. The third kappa shape index (κ3) is 3.31. The second-order valence-corrected chi connectivity index (χ2v) is 4.57. The number of thioether (sulfide) groups is 1. The average Bonchev–Trinajstić information content (AvgIpc) is 2.61. The number of aromatic nitrogens is 2. The van der Waals surface area contributed by atoms with Gasteiger partial charge in [-0.3, -0.25) is 0 Å². The molecule has 0 aliphatic rings. The fraction of sp³-hybridized carbons (Fsp3) is 0.778. The largest absolute Gasteiger partial charge is 0.424 e. The molecule has 0 saturated carbocycles. The van der Waals surface area contributed by atoms with Crippen molar-refractivity contribution >= 4 is 11.8 Å². The Morgan fingerprint density at radius 3 is 2.50 bits per heavy atom. The Balaban J connectivity index is 2.37. The van der Waals surface area contributed by atoms with E-state index in [-0.39, 0.29) is 11.4 Å². The molecule has 0 amide bonds. The molecule has 0 bridgehead atoms. The van der Waals surface area contributed by atoms with Crippen LogP contribution in [0, 0.1) is 0 Å². The molecule has 1 rings (SSSR count). The molecule has 5 heteroatoms. The van der Waals surface area contributed by atoms with Crippen molar-refractivity contribution in [2.24, 2.45) is 0 Å². The Hall–Kier alpha value is -0.550. The van der Waals surface area contributed by atoms with Crippen LogP contribution in [0.5, 0.6) is 0 Å². The van der Waals surface area contributed by atoms with Gasteiger partial charge < -0.3 is 9.52 Å². The Morgan fingerprint density at radius 1 is 1.36 bits per heavy atom. The third-order valence-electron chi connectivity index (χ3n) is 1.96. The molecule has 0 spiro atoms. The van der Waals surface area contributed by atoms with Gasteiger partial charge in [-0.05, 0) is 6.92 Å². The fourth-order valence-corrected chi connectivity index (χ4v) is 1.63. The maximum atomic E-state index is 9.26. The normalized spacial score (nSPS) is 15.4. The minimum atomic E-state index is -0.312. The second-order valence-electron chi connectivity index (χ2n) is 3.20. The van der Waals surface area contributed by atoms with Crippen molar-refractivity contribution in [2.45, 2.75) is 44.3 Å². The molecular weight excluding hydrogens is 200 g/mol. The van der Waals surface area contributed by atoms with E-state index in [1.54, 1.807) is 18.7 Å². The van der Waals surface area contributed by atoms with E-state index >= 15 is 0 Å². The highest BCUT2D eigenvalue weighted by Crippen LogP contribution is 2.19. The number of aliphatic hydroxyl groups excluding tert-OH is 1. The monoisotopic (exact) mass is 216 g/mol. The summed E-state index contributed by atoms with van der Waals surface area (Å²) in [5.41, 5.74) is 0. The molecule has 1 heterocycles. The minimum absolute atomic E-state index is 0.187. The number of nitrogens with zero attached hydrogens (tertiary/aromatic N) is 2. The maximum absolute atomic E-state index is 9.26. The number of aliphatic hydroxyl groups is 1. The van der Waals surface area contributed by atoms with Crippen LogP contribution in [0.2, 0.25) is 0 Å². The first kappa shape index (κ1) is 11.5. The van der Waals surface area contributed by atoms with Gasteiger partial charge in [0.2, 0.25) is 11.8 Å². The zero-order valence-electron chi connectivity index (χ0n) is 8.73. The zero-order valence-corrected chi connectivity index (χ0v) is 9.54. The Labute approximate surface area is 88.1 Å². The first-order valence-electron chi connectivity index (χ1n) is 4.74. The van der Waals surface area contributed by atoms with E-state index in [0.717, 1.165) is 6.42 Å². The van der Waals surface area contributed by atoms with Crippen LogP contribution in [0.4, 0.5) is 0 Å². The number of hydrogen-bond acceptors (Lipinski definition) is 5. The van der Waals surface area contributed by atoms with Crippen molar-refractivity contribution < 1.29 is 9.52 Å². The summed E-state index contributed by atoms with van der Waals surface area (Å²) in [7, 11) is 0. The smallest absolute Gasteiger partial charge is 0.226 e. The maximum Gasteiger partial charge on any atom is 0.226 e. The number of hydrogen-bond donors (Lipinski definition) is 1. The molecule has 0 fully saturated rings. The molecule has 1 aromatic rings. The van der Waals surface area contributed by atoms with Crippen LogP contribution in [0.1, 0.15) is 32.6 Å². The highest BCUT2D eigenvalue weighted by atomic mass is 32.2. The van der Waals surface area contributed by atoms with Crippen LogP contribution >= 0.6 is 11.8 Å². The van der Waals surface area contributed by atoms with Crippen LogP contribution in [0.25, 0.3) is 0 Å². The quantitative estimate of drug-likeness (QED) is 0.810. The summed E-state index contributed by atoms with van der Waals surface area (Å²) in [6.45, 7) is 5.73. The standard InChI is InChI=1S/C9H16N2O2S/c1-4-8-10-11-9(13-8)5-14-7(3)6(2)12/h6-7,12H,4-5H2,1-3H3.